The van der Waals surface area contributed by atoms with Crippen LogP contribution in [0.4, 0.5) is 0 Å². The lowest BCUT2D eigenvalue weighted by molar-refractivity contribution is 0.186. The molecule has 4 heteroatoms. The molecule has 92 valence electrons. The Balaban J connectivity index is 2.24. The first-order chi connectivity index (χ1) is 7.86. The Morgan fingerprint density at radius 1 is 1.31 bits per heavy atom. The van der Waals surface area contributed by atoms with Crippen LogP contribution in [0.15, 0.2) is 12.3 Å². The number of nitrogens with one attached hydrogen (secondary N) is 1. The van der Waals surface area contributed by atoms with Crippen molar-refractivity contribution in [2.45, 2.75) is 39.2 Å². The van der Waals surface area contributed by atoms with Gasteiger partial charge in [-0.1, -0.05) is 26.2 Å². The summed E-state index contributed by atoms with van der Waals surface area (Å²) >= 11 is 0. The number of H-pyrrole nitrogens is 1. The normalized spacial score (nSPS) is 11.2. The van der Waals surface area contributed by atoms with Gasteiger partial charge in [-0.05, 0) is 19.0 Å². The SMILES string of the molecule is CCCCCCN(CCO)Cc1ccn[nH]1. The maximum Gasteiger partial charge on any atom is 0.0558 e. The molecule has 0 atom stereocenters. The van der Waals surface area contributed by atoms with Crippen molar-refractivity contribution in [1.82, 2.24) is 15.1 Å². The standard InChI is InChI=1S/C12H23N3O/c1-2-3-4-5-8-15(9-10-16)11-12-6-7-13-14-12/h6-7,16H,2-5,8-11H2,1H3,(H,13,14). The second-order valence-corrected chi connectivity index (χ2v) is 4.14. The van der Waals surface area contributed by atoms with Crippen LogP contribution in [-0.2, 0) is 6.54 Å². The van der Waals surface area contributed by atoms with E-state index in [9.17, 15) is 0 Å². The molecule has 0 bridgehead atoms. The molecular formula is C12H23N3O. The number of nitrogens with zero attached hydrogens (tertiary/aromatic N) is 2. The zero-order valence-electron chi connectivity index (χ0n) is 10.2. The molecule has 0 saturated carbocycles. The third-order valence-electron chi connectivity index (χ3n) is 2.70. The van der Waals surface area contributed by atoms with E-state index in [0.29, 0.717) is 0 Å². The molecule has 0 aliphatic carbocycles. The van der Waals surface area contributed by atoms with Gasteiger partial charge in [-0.25, -0.2) is 0 Å². The van der Waals surface area contributed by atoms with Gasteiger partial charge in [-0.2, -0.15) is 5.10 Å². The summed E-state index contributed by atoms with van der Waals surface area (Å²) in [4.78, 5) is 2.27. The second-order valence-electron chi connectivity index (χ2n) is 4.14. The number of aliphatic hydroxyl groups excluding tert-OH is 1. The predicted molar refractivity (Wildman–Crippen MR) is 65.1 cm³/mol. The third kappa shape index (κ3) is 5.28. The van der Waals surface area contributed by atoms with Crippen molar-refractivity contribution in [1.29, 1.82) is 0 Å². The Hall–Kier alpha value is -0.870. The highest BCUT2D eigenvalue weighted by molar-refractivity contribution is 4.96. The van der Waals surface area contributed by atoms with Crippen molar-refractivity contribution in [3.8, 4) is 0 Å². The lowest BCUT2D eigenvalue weighted by Gasteiger charge is -2.20. The summed E-state index contributed by atoms with van der Waals surface area (Å²) in [6, 6.07) is 1.98. The Bertz CT molecular complexity index is 249. The minimum absolute atomic E-state index is 0.224. The summed E-state index contributed by atoms with van der Waals surface area (Å²) in [6.07, 6.45) is 6.82. The minimum Gasteiger partial charge on any atom is -0.395 e. The molecule has 1 heterocycles. The van der Waals surface area contributed by atoms with E-state index in [-0.39, 0.29) is 6.61 Å². The van der Waals surface area contributed by atoms with Gasteiger partial charge in [0.25, 0.3) is 0 Å². The maximum absolute atomic E-state index is 9.00. The molecule has 0 saturated heterocycles. The van der Waals surface area contributed by atoms with Crippen LogP contribution >= 0.6 is 0 Å². The lowest BCUT2D eigenvalue weighted by atomic mass is 10.2. The highest BCUT2D eigenvalue weighted by Gasteiger charge is 2.05. The Morgan fingerprint density at radius 3 is 2.81 bits per heavy atom. The van der Waals surface area contributed by atoms with E-state index in [1.807, 2.05) is 6.07 Å². The zero-order valence-corrected chi connectivity index (χ0v) is 10.2. The number of hydrogen-bond acceptors (Lipinski definition) is 3. The summed E-state index contributed by atoms with van der Waals surface area (Å²) < 4.78 is 0. The van der Waals surface area contributed by atoms with Crippen LogP contribution in [0.25, 0.3) is 0 Å². The molecule has 1 rings (SSSR count). The van der Waals surface area contributed by atoms with Crippen LogP contribution in [0.1, 0.15) is 38.3 Å². The highest BCUT2D eigenvalue weighted by atomic mass is 16.3. The molecule has 0 spiro atoms. The summed E-state index contributed by atoms with van der Waals surface area (Å²) in [6.45, 7) is 5.09. The number of rotatable bonds is 9. The van der Waals surface area contributed by atoms with Crippen LogP contribution in [0.2, 0.25) is 0 Å². The molecule has 0 amide bonds. The van der Waals surface area contributed by atoms with E-state index in [1.165, 1.54) is 25.7 Å². The topological polar surface area (TPSA) is 52.1 Å². The van der Waals surface area contributed by atoms with Crippen molar-refractivity contribution < 1.29 is 5.11 Å². The third-order valence-corrected chi connectivity index (χ3v) is 2.70. The molecule has 0 unspecified atom stereocenters. The van der Waals surface area contributed by atoms with Crippen molar-refractivity contribution in [3.63, 3.8) is 0 Å². The number of unbranched alkanes of at least 4 members (excludes halogenated alkanes) is 3. The van der Waals surface area contributed by atoms with Crippen LogP contribution in [-0.4, -0.2) is 39.9 Å². The van der Waals surface area contributed by atoms with Gasteiger partial charge in [-0.3, -0.25) is 10.00 Å². The van der Waals surface area contributed by atoms with Crippen LogP contribution in [0, 0.1) is 0 Å². The fraction of sp³-hybridized carbons (Fsp3) is 0.750. The number of aromatic amines is 1. The van der Waals surface area contributed by atoms with Gasteiger partial charge in [0, 0.05) is 25.0 Å². The second kappa shape index (κ2) is 8.30. The van der Waals surface area contributed by atoms with Gasteiger partial charge in [0.1, 0.15) is 0 Å². The first-order valence-corrected chi connectivity index (χ1v) is 6.18. The lowest BCUT2D eigenvalue weighted by Crippen LogP contribution is -2.27. The molecular weight excluding hydrogens is 202 g/mol. The van der Waals surface area contributed by atoms with E-state index in [0.717, 1.165) is 25.3 Å². The predicted octanol–water partition coefficient (Wildman–Crippen LogP) is 1.78. The highest BCUT2D eigenvalue weighted by Crippen LogP contribution is 2.04. The smallest absolute Gasteiger partial charge is 0.0558 e. The van der Waals surface area contributed by atoms with Crippen molar-refractivity contribution in [3.05, 3.63) is 18.0 Å². The molecule has 2 N–H and O–H groups in total. The maximum atomic E-state index is 9.00. The van der Waals surface area contributed by atoms with Gasteiger partial charge >= 0.3 is 0 Å². The Morgan fingerprint density at radius 2 is 2.19 bits per heavy atom. The van der Waals surface area contributed by atoms with Crippen LogP contribution in [0.5, 0.6) is 0 Å². The summed E-state index contributed by atoms with van der Waals surface area (Å²) in [5.74, 6) is 0. The Kier molecular flexibility index (Phi) is 6.85. The number of hydrogen-bond donors (Lipinski definition) is 2. The first-order valence-electron chi connectivity index (χ1n) is 6.18. The molecule has 1 aromatic rings. The zero-order chi connectivity index (χ0) is 11.6. The van der Waals surface area contributed by atoms with E-state index in [2.05, 4.69) is 22.0 Å². The number of aromatic nitrogens is 2. The Labute approximate surface area is 97.7 Å². The number of aliphatic hydroxyl groups is 1. The van der Waals surface area contributed by atoms with E-state index < -0.39 is 0 Å². The largest absolute Gasteiger partial charge is 0.395 e. The summed E-state index contributed by atoms with van der Waals surface area (Å²) in [5.41, 5.74) is 1.11. The molecule has 4 nitrogen and oxygen atoms in total. The van der Waals surface area contributed by atoms with Crippen LogP contribution in [0.3, 0.4) is 0 Å². The van der Waals surface area contributed by atoms with Gasteiger partial charge < -0.3 is 5.11 Å². The minimum atomic E-state index is 0.224. The van der Waals surface area contributed by atoms with Crippen molar-refractivity contribution >= 4 is 0 Å². The van der Waals surface area contributed by atoms with Gasteiger partial charge in [0.2, 0.25) is 0 Å². The molecule has 0 fully saturated rings. The average molecular weight is 225 g/mol. The van der Waals surface area contributed by atoms with Gasteiger partial charge in [0.05, 0.1) is 6.61 Å². The fourth-order valence-electron chi connectivity index (χ4n) is 1.79. The van der Waals surface area contributed by atoms with Crippen LogP contribution < -0.4 is 0 Å². The van der Waals surface area contributed by atoms with Crippen molar-refractivity contribution in [2.75, 3.05) is 19.7 Å². The quantitative estimate of drug-likeness (QED) is 0.630. The summed E-state index contributed by atoms with van der Waals surface area (Å²) in [7, 11) is 0. The molecule has 1 aromatic heterocycles. The van der Waals surface area contributed by atoms with Gasteiger partial charge in [-0.15, -0.1) is 0 Å². The average Bonchev–Trinajstić information content (AvgIpc) is 2.77. The molecule has 0 aliphatic heterocycles. The molecule has 0 aliphatic rings. The van der Waals surface area contributed by atoms with E-state index in [1.54, 1.807) is 6.20 Å². The monoisotopic (exact) mass is 225 g/mol. The van der Waals surface area contributed by atoms with Crippen molar-refractivity contribution in [2.24, 2.45) is 0 Å². The first kappa shape index (κ1) is 13.2. The molecule has 16 heavy (non-hydrogen) atoms. The molecule has 0 radical (unpaired) electrons. The fourth-order valence-corrected chi connectivity index (χ4v) is 1.79. The van der Waals surface area contributed by atoms with Gasteiger partial charge in [0.15, 0.2) is 0 Å². The van der Waals surface area contributed by atoms with E-state index in [4.69, 9.17) is 5.11 Å². The molecule has 0 aromatic carbocycles. The van der Waals surface area contributed by atoms with E-state index >= 15 is 0 Å². The summed E-state index contributed by atoms with van der Waals surface area (Å²) in [5, 5.41) is 15.9.